The number of halogens is 1. The lowest BCUT2D eigenvalue weighted by Gasteiger charge is -2.27. The van der Waals surface area contributed by atoms with E-state index >= 15 is 0 Å². The lowest BCUT2D eigenvalue weighted by Crippen LogP contribution is -2.40. The van der Waals surface area contributed by atoms with Crippen LogP contribution in [0.15, 0.2) is 29.3 Å². The number of aliphatic imine (C=N–C) groups is 1. The van der Waals surface area contributed by atoms with Crippen molar-refractivity contribution >= 4 is 29.9 Å². The summed E-state index contributed by atoms with van der Waals surface area (Å²) in [6, 6.07) is 8.79. The summed E-state index contributed by atoms with van der Waals surface area (Å²) in [5.74, 6) is 1.79. The van der Waals surface area contributed by atoms with Crippen LogP contribution in [-0.2, 0) is 17.8 Å². The van der Waals surface area contributed by atoms with E-state index in [9.17, 15) is 0 Å². The third kappa shape index (κ3) is 9.09. The van der Waals surface area contributed by atoms with Gasteiger partial charge in [-0.1, -0.05) is 31.2 Å². The summed E-state index contributed by atoms with van der Waals surface area (Å²) in [7, 11) is 4.30. The molecule has 0 aliphatic carbocycles. The predicted octanol–water partition coefficient (Wildman–Crippen LogP) is 3.97. The zero-order valence-corrected chi connectivity index (χ0v) is 20.4. The molecule has 0 bridgehead atoms. The first-order valence-corrected chi connectivity index (χ1v) is 10.5. The SMILES string of the molecule is CCNC(=NCc1cccc(CN(C)CC)c1)N(C)CCC1CCOCC1.I. The van der Waals surface area contributed by atoms with Gasteiger partial charge in [-0.2, -0.15) is 0 Å². The minimum Gasteiger partial charge on any atom is -0.381 e. The van der Waals surface area contributed by atoms with Crippen LogP contribution < -0.4 is 5.32 Å². The Bertz CT molecular complexity index is 575. The van der Waals surface area contributed by atoms with Gasteiger partial charge < -0.3 is 19.9 Å². The molecule has 1 N–H and O–H groups in total. The van der Waals surface area contributed by atoms with Crippen molar-refractivity contribution in [3.8, 4) is 0 Å². The fourth-order valence-electron chi connectivity index (χ4n) is 3.40. The molecule has 6 heteroatoms. The monoisotopic (exact) mass is 502 g/mol. The Morgan fingerprint density at radius 1 is 1.18 bits per heavy atom. The van der Waals surface area contributed by atoms with Gasteiger partial charge in [0.05, 0.1) is 6.54 Å². The number of rotatable bonds is 9. The fraction of sp³-hybridized carbons (Fsp3) is 0.682. The first-order chi connectivity index (χ1) is 13.1. The van der Waals surface area contributed by atoms with Crippen molar-refractivity contribution in [2.45, 2.75) is 46.2 Å². The van der Waals surface area contributed by atoms with Crippen LogP contribution >= 0.6 is 24.0 Å². The van der Waals surface area contributed by atoms with E-state index < -0.39 is 0 Å². The van der Waals surface area contributed by atoms with Crippen LogP contribution in [0.1, 0.15) is 44.2 Å². The van der Waals surface area contributed by atoms with Gasteiger partial charge in [0.15, 0.2) is 5.96 Å². The van der Waals surface area contributed by atoms with Crippen LogP contribution in [0.4, 0.5) is 0 Å². The summed E-state index contributed by atoms with van der Waals surface area (Å²) < 4.78 is 5.47. The topological polar surface area (TPSA) is 40.1 Å². The average Bonchev–Trinajstić information content (AvgIpc) is 2.70. The van der Waals surface area contributed by atoms with Gasteiger partial charge in [-0.3, -0.25) is 0 Å². The Morgan fingerprint density at radius 2 is 1.89 bits per heavy atom. The number of benzene rings is 1. The molecule has 0 amide bonds. The number of guanidine groups is 1. The quantitative estimate of drug-likeness (QED) is 0.315. The molecule has 1 fully saturated rings. The van der Waals surface area contributed by atoms with E-state index in [0.29, 0.717) is 6.54 Å². The number of ether oxygens (including phenoxy) is 1. The molecule has 5 nitrogen and oxygen atoms in total. The van der Waals surface area contributed by atoms with E-state index in [1.54, 1.807) is 0 Å². The van der Waals surface area contributed by atoms with E-state index in [1.807, 2.05) is 0 Å². The van der Waals surface area contributed by atoms with Gasteiger partial charge in [0, 0.05) is 39.9 Å². The van der Waals surface area contributed by atoms with Gasteiger partial charge in [-0.05, 0) is 56.8 Å². The smallest absolute Gasteiger partial charge is 0.193 e. The minimum atomic E-state index is 0. The second-order valence-corrected chi connectivity index (χ2v) is 7.59. The first kappa shape index (κ1) is 25.2. The highest BCUT2D eigenvalue weighted by molar-refractivity contribution is 14.0. The highest BCUT2D eigenvalue weighted by Crippen LogP contribution is 2.18. The Morgan fingerprint density at radius 3 is 2.57 bits per heavy atom. The summed E-state index contributed by atoms with van der Waals surface area (Å²) in [4.78, 5) is 9.47. The van der Waals surface area contributed by atoms with Gasteiger partial charge in [-0.25, -0.2) is 4.99 Å². The van der Waals surface area contributed by atoms with Crippen LogP contribution in [0.3, 0.4) is 0 Å². The van der Waals surface area contributed by atoms with Crippen LogP contribution in [0.5, 0.6) is 0 Å². The summed E-state index contributed by atoms with van der Waals surface area (Å²) in [5, 5.41) is 3.44. The molecular formula is C22H39IN4O. The molecule has 2 rings (SSSR count). The molecule has 0 spiro atoms. The molecule has 0 radical (unpaired) electrons. The van der Waals surface area contributed by atoms with E-state index in [4.69, 9.17) is 9.73 Å². The van der Waals surface area contributed by atoms with Crippen molar-refractivity contribution in [1.82, 2.24) is 15.1 Å². The molecule has 0 aromatic heterocycles. The predicted molar refractivity (Wildman–Crippen MR) is 129 cm³/mol. The molecule has 1 aromatic rings. The maximum atomic E-state index is 5.47. The van der Waals surface area contributed by atoms with Crippen molar-refractivity contribution in [1.29, 1.82) is 0 Å². The molecule has 1 heterocycles. The lowest BCUT2D eigenvalue weighted by molar-refractivity contribution is 0.0625. The van der Waals surface area contributed by atoms with Crippen LogP contribution in [0.2, 0.25) is 0 Å². The van der Waals surface area contributed by atoms with Crippen LogP contribution in [0.25, 0.3) is 0 Å². The van der Waals surface area contributed by atoms with Crippen molar-refractivity contribution in [3.63, 3.8) is 0 Å². The largest absolute Gasteiger partial charge is 0.381 e. The maximum absolute atomic E-state index is 5.47. The van der Waals surface area contributed by atoms with Crippen LogP contribution in [0, 0.1) is 5.92 Å². The molecule has 1 aliphatic rings. The van der Waals surface area contributed by atoms with Crippen molar-refractivity contribution in [2.75, 3.05) is 46.9 Å². The maximum Gasteiger partial charge on any atom is 0.193 e. The Hall–Kier alpha value is -0.860. The summed E-state index contributed by atoms with van der Waals surface area (Å²) in [5.41, 5.74) is 2.62. The molecule has 0 unspecified atom stereocenters. The normalized spacial score (nSPS) is 15.4. The third-order valence-electron chi connectivity index (χ3n) is 5.31. The van der Waals surface area contributed by atoms with Gasteiger partial charge in [0.25, 0.3) is 0 Å². The Kier molecular flexibility index (Phi) is 12.7. The Balaban J connectivity index is 0.00000392. The molecule has 1 aliphatic heterocycles. The molecule has 0 atom stereocenters. The van der Waals surface area contributed by atoms with E-state index in [1.165, 1.54) is 30.4 Å². The summed E-state index contributed by atoms with van der Waals surface area (Å²) >= 11 is 0. The third-order valence-corrected chi connectivity index (χ3v) is 5.31. The first-order valence-electron chi connectivity index (χ1n) is 10.5. The summed E-state index contributed by atoms with van der Waals surface area (Å²) in [6.07, 6.45) is 3.60. The van der Waals surface area contributed by atoms with Crippen molar-refractivity contribution in [3.05, 3.63) is 35.4 Å². The minimum absolute atomic E-state index is 0. The van der Waals surface area contributed by atoms with Gasteiger partial charge in [0.2, 0.25) is 0 Å². The van der Waals surface area contributed by atoms with Gasteiger partial charge in [-0.15, -0.1) is 24.0 Å². The zero-order chi connectivity index (χ0) is 19.5. The number of hydrogen-bond acceptors (Lipinski definition) is 3. The number of nitrogens with zero attached hydrogens (tertiary/aromatic N) is 3. The molecule has 0 saturated carbocycles. The van der Waals surface area contributed by atoms with E-state index in [-0.39, 0.29) is 24.0 Å². The van der Waals surface area contributed by atoms with Gasteiger partial charge in [0.1, 0.15) is 0 Å². The second kappa shape index (κ2) is 14.2. The molecule has 28 heavy (non-hydrogen) atoms. The lowest BCUT2D eigenvalue weighted by atomic mass is 9.96. The van der Waals surface area contributed by atoms with E-state index in [2.05, 4.69) is 67.3 Å². The summed E-state index contributed by atoms with van der Waals surface area (Å²) in [6.45, 7) is 10.9. The van der Waals surface area contributed by atoms with Gasteiger partial charge >= 0.3 is 0 Å². The molecule has 160 valence electrons. The number of hydrogen-bond donors (Lipinski definition) is 1. The van der Waals surface area contributed by atoms with Crippen molar-refractivity contribution in [2.24, 2.45) is 10.9 Å². The zero-order valence-electron chi connectivity index (χ0n) is 18.1. The van der Waals surface area contributed by atoms with Crippen molar-refractivity contribution < 1.29 is 4.74 Å². The highest BCUT2D eigenvalue weighted by Gasteiger charge is 2.15. The second-order valence-electron chi connectivity index (χ2n) is 7.59. The highest BCUT2D eigenvalue weighted by atomic mass is 127. The number of nitrogens with one attached hydrogen (secondary N) is 1. The molecule has 1 aromatic carbocycles. The molecule has 1 saturated heterocycles. The standard InChI is InChI=1S/C22H38N4O.HI/c1-5-23-22(26(4)13-10-19-11-14-27-15-12-19)24-17-20-8-7-9-21(16-20)18-25(3)6-2;/h7-9,16,19H,5-6,10-15,17-18H2,1-4H3,(H,23,24);1H. The van der Waals surface area contributed by atoms with Crippen LogP contribution in [-0.4, -0.2) is 62.7 Å². The fourth-order valence-corrected chi connectivity index (χ4v) is 3.40. The average molecular weight is 502 g/mol. The molecular weight excluding hydrogens is 463 g/mol. The Labute approximate surface area is 188 Å². The van der Waals surface area contributed by atoms with E-state index in [0.717, 1.165) is 51.3 Å².